The van der Waals surface area contributed by atoms with Gasteiger partial charge in [0.15, 0.2) is 0 Å². The van der Waals surface area contributed by atoms with Crippen LogP contribution in [0.25, 0.3) is 54.6 Å². The molecule has 1 heterocycles. The maximum atomic E-state index is 6.74. The Kier molecular flexibility index (Phi) is 5.49. The second-order valence-electron chi connectivity index (χ2n) is 10.6. The van der Waals surface area contributed by atoms with E-state index >= 15 is 0 Å². The molecule has 0 aliphatic rings. The lowest BCUT2D eigenvalue weighted by molar-refractivity contribution is 0.670. The summed E-state index contributed by atoms with van der Waals surface area (Å²) in [7, 11) is 0. The molecule has 0 bridgehead atoms. The van der Waals surface area contributed by atoms with E-state index in [1.54, 1.807) is 0 Å². The van der Waals surface area contributed by atoms with E-state index in [0.717, 1.165) is 22.3 Å². The van der Waals surface area contributed by atoms with E-state index in [1.807, 2.05) is 0 Å². The van der Waals surface area contributed by atoms with Crippen LogP contribution in [0.5, 0.6) is 0 Å². The summed E-state index contributed by atoms with van der Waals surface area (Å²) in [5.41, 5.74) is 4.09. The fourth-order valence-electron chi connectivity index (χ4n) is 6.32. The molecular formula is C39H27OP. The van der Waals surface area contributed by atoms with E-state index in [1.165, 1.54) is 48.2 Å². The molecule has 0 aliphatic heterocycles. The smallest absolute Gasteiger partial charge is 0.143 e. The first-order chi connectivity index (χ1) is 20.2. The zero-order chi connectivity index (χ0) is 27.4. The molecule has 0 unspecified atom stereocenters. The molecule has 0 N–H and O–H groups in total. The van der Waals surface area contributed by atoms with Crippen molar-refractivity contribution < 1.29 is 4.42 Å². The van der Waals surface area contributed by atoms with Gasteiger partial charge in [0.1, 0.15) is 11.2 Å². The van der Waals surface area contributed by atoms with Gasteiger partial charge in [0.2, 0.25) is 0 Å². The molecule has 8 rings (SSSR count). The molecule has 0 saturated carbocycles. The van der Waals surface area contributed by atoms with Crippen molar-refractivity contribution in [3.63, 3.8) is 0 Å². The number of hydrogen-bond donors (Lipinski definition) is 0. The van der Waals surface area contributed by atoms with Crippen molar-refractivity contribution in [2.45, 2.75) is 0 Å². The van der Waals surface area contributed by atoms with Crippen LogP contribution in [-0.2, 0) is 0 Å². The summed E-state index contributed by atoms with van der Waals surface area (Å²) in [5.74, 6) is 0. The fraction of sp³-hybridized carbons (Fsp3) is 0. The van der Waals surface area contributed by atoms with Gasteiger partial charge in [-0.15, -0.1) is 0 Å². The third kappa shape index (κ3) is 3.70. The molecule has 1 aromatic heterocycles. The molecule has 8 aromatic rings. The summed E-state index contributed by atoms with van der Waals surface area (Å²) < 4.78 is 6.74. The van der Waals surface area contributed by atoms with Crippen molar-refractivity contribution in [2.75, 3.05) is 0 Å². The Morgan fingerprint density at radius 3 is 1.76 bits per heavy atom. The van der Waals surface area contributed by atoms with Crippen LogP contribution < -0.4 is 15.9 Å². The first-order valence-electron chi connectivity index (χ1n) is 13.9. The second-order valence-corrected chi connectivity index (χ2v) is 13.8. The fourth-order valence-corrected chi connectivity index (χ4v) is 9.28. The van der Waals surface area contributed by atoms with Crippen LogP contribution in [0.1, 0.15) is 0 Å². The quantitative estimate of drug-likeness (QED) is 0.202. The molecule has 2 heteroatoms. The van der Waals surface area contributed by atoms with Crippen LogP contribution >= 0.6 is 6.89 Å². The van der Waals surface area contributed by atoms with E-state index in [2.05, 4.69) is 152 Å². The zero-order valence-corrected chi connectivity index (χ0v) is 23.4. The maximum absolute atomic E-state index is 6.74. The van der Waals surface area contributed by atoms with Gasteiger partial charge in [-0.3, -0.25) is 0 Å². The highest BCUT2D eigenvalue weighted by atomic mass is 31.2. The predicted octanol–water partition coefficient (Wildman–Crippen LogP) is 9.29. The molecule has 0 aliphatic carbocycles. The molecule has 0 radical (unpaired) electrons. The van der Waals surface area contributed by atoms with Crippen molar-refractivity contribution in [3.8, 4) is 11.1 Å². The summed E-state index contributed by atoms with van der Waals surface area (Å²) in [6.45, 7) is -2.12. The minimum absolute atomic E-state index is 0.917. The van der Waals surface area contributed by atoms with Crippen molar-refractivity contribution in [1.82, 2.24) is 0 Å². The normalized spacial score (nSPS) is 12.0. The van der Waals surface area contributed by atoms with Crippen LogP contribution in [0, 0.1) is 0 Å². The lowest BCUT2D eigenvalue weighted by atomic mass is 9.95. The van der Waals surface area contributed by atoms with Gasteiger partial charge >= 0.3 is 0 Å². The van der Waals surface area contributed by atoms with E-state index < -0.39 is 6.89 Å². The molecular weight excluding hydrogens is 515 g/mol. The zero-order valence-electron chi connectivity index (χ0n) is 22.5. The second kappa shape index (κ2) is 9.37. The maximum Gasteiger partial charge on any atom is 0.143 e. The van der Waals surface area contributed by atoms with Crippen molar-refractivity contribution in [1.29, 1.82) is 0 Å². The molecule has 41 heavy (non-hydrogen) atoms. The summed E-state index contributed by atoms with van der Waals surface area (Å²) >= 11 is 0. The van der Waals surface area contributed by atoms with Gasteiger partial charge in [0, 0.05) is 16.3 Å². The number of furan rings is 1. The Balaban J connectivity index is 1.44. The van der Waals surface area contributed by atoms with Gasteiger partial charge in [0.25, 0.3) is 0 Å². The van der Waals surface area contributed by atoms with Crippen LogP contribution in [0.15, 0.2) is 156 Å². The minimum Gasteiger partial charge on any atom is -0.455 e. The van der Waals surface area contributed by atoms with Crippen LogP contribution in [-0.4, -0.2) is 6.30 Å². The Morgan fingerprint density at radius 1 is 0.463 bits per heavy atom. The highest BCUT2D eigenvalue weighted by Crippen LogP contribution is 2.45. The third-order valence-corrected chi connectivity index (χ3v) is 11.9. The SMILES string of the molecule is C=P(c1ccccc1)(c1ccccc1)c1cccc(-c2cc3ccccc3c3c2oc2ccc4ccccc4c23)c1. The minimum atomic E-state index is -2.12. The average molecular weight is 543 g/mol. The lowest BCUT2D eigenvalue weighted by Crippen LogP contribution is -2.25. The largest absolute Gasteiger partial charge is 0.455 e. The molecule has 0 amide bonds. The van der Waals surface area contributed by atoms with Gasteiger partial charge < -0.3 is 4.42 Å². The molecule has 0 fully saturated rings. The van der Waals surface area contributed by atoms with Gasteiger partial charge in [-0.25, -0.2) is 0 Å². The molecule has 7 aromatic carbocycles. The third-order valence-electron chi connectivity index (χ3n) is 8.35. The Labute approximate surface area is 239 Å². The molecule has 0 spiro atoms. The summed E-state index contributed by atoms with van der Waals surface area (Å²) in [6, 6.07) is 54.3. The van der Waals surface area contributed by atoms with Gasteiger partial charge in [0.05, 0.1) is 0 Å². The first-order valence-corrected chi connectivity index (χ1v) is 15.9. The van der Waals surface area contributed by atoms with Gasteiger partial charge in [-0.1, -0.05) is 140 Å². The molecule has 0 saturated heterocycles. The van der Waals surface area contributed by atoms with E-state index in [4.69, 9.17) is 10.7 Å². The van der Waals surface area contributed by atoms with E-state index in [9.17, 15) is 0 Å². The van der Waals surface area contributed by atoms with Crippen LogP contribution in [0.4, 0.5) is 0 Å². The highest BCUT2D eigenvalue weighted by molar-refractivity contribution is 7.93. The molecule has 0 atom stereocenters. The topological polar surface area (TPSA) is 13.1 Å². The van der Waals surface area contributed by atoms with Crippen molar-refractivity contribution >= 4 is 72.6 Å². The Morgan fingerprint density at radius 2 is 1.05 bits per heavy atom. The summed E-state index contributed by atoms with van der Waals surface area (Å²) in [4.78, 5) is 0. The summed E-state index contributed by atoms with van der Waals surface area (Å²) in [5, 5.41) is 11.0. The average Bonchev–Trinajstić information content (AvgIpc) is 3.45. The lowest BCUT2D eigenvalue weighted by Gasteiger charge is -2.27. The highest BCUT2D eigenvalue weighted by Gasteiger charge is 2.24. The number of rotatable bonds is 4. The molecule has 194 valence electrons. The molecule has 1 nitrogen and oxygen atoms in total. The van der Waals surface area contributed by atoms with Crippen LogP contribution in [0.2, 0.25) is 0 Å². The predicted molar refractivity (Wildman–Crippen MR) is 180 cm³/mol. The van der Waals surface area contributed by atoms with E-state index in [0.29, 0.717) is 0 Å². The van der Waals surface area contributed by atoms with Crippen molar-refractivity contribution in [2.24, 2.45) is 0 Å². The Bertz CT molecular complexity index is 2230. The number of fused-ring (bicyclic) bond motifs is 7. The Hall–Kier alpha value is -4.84. The van der Waals surface area contributed by atoms with Gasteiger partial charge in [-0.05, 0) is 68.1 Å². The first kappa shape index (κ1) is 24.0. The van der Waals surface area contributed by atoms with Crippen LogP contribution in [0.3, 0.4) is 0 Å². The van der Waals surface area contributed by atoms with Crippen molar-refractivity contribution in [3.05, 3.63) is 152 Å². The standard InChI is InChI=1S/C39H27OP/c1-41(30-16-4-2-5-17-30,31-18-6-3-7-19-31)32-20-12-15-28(25-32)35-26-29-14-9-11-22-34(29)38-37-33-21-10-8-13-27(33)23-24-36(37)40-39(35)38/h2-26H,1H2. The van der Waals surface area contributed by atoms with E-state index in [-0.39, 0.29) is 0 Å². The summed E-state index contributed by atoms with van der Waals surface area (Å²) in [6.07, 6.45) is 4.98. The number of hydrogen-bond acceptors (Lipinski definition) is 1. The van der Waals surface area contributed by atoms with Gasteiger partial charge in [-0.2, -0.15) is 0 Å². The number of benzene rings is 7. The monoisotopic (exact) mass is 542 g/mol.